The average Bonchev–Trinajstić information content (AvgIpc) is 3.24. The van der Waals surface area contributed by atoms with E-state index >= 15 is 0 Å². The van der Waals surface area contributed by atoms with E-state index in [1.165, 1.54) is 25.7 Å². The molecule has 0 aliphatic heterocycles. The van der Waals surface area contributed by atoms with Gasteiger partial charge in [0.05, 0.1) is 6.54 Å². The third-order valence-electron chi connectivity index (χ3n) is 4.29. The van der Waals surface area contributed by atoms with Gasteiger partial charge in [-0.2, -0.15) is 0 Å². The van der Waals surface area contributed by atoms with Crippen molar-refractivity contribution in [1.82, 2.24) is 15.5 Å². The van der Waals surface area contributed by atoms with Gasteiger partial charge in [-0.25, -0.2) is 0 Å². The van der Waals surface area contributed by atoms with Gasteiger partial charge in [0, 0.05) is 19.1 Å². The molecule has 0 aromatic carbocycles. The van der Waals surface area contributed by atoms with Gasteiger partial charge in [0.2, 0.25) is 0 Å². The fraction of sp³-hybridized carbons (Fsp3) is 0.938. The second-order valence-corrected chi connectivity index (χ2v) is 6.15. The zero-order chi connectivity index (χ0) is 15.0. The second-order valence-electron chi connectivity index (χ2n) is 6.15. The standard InChI is InChI=1S/C16H34N4/c1-6-14(7-2)15(20(4)5)12-19-16(17-8-3)18-11-13-9-10-13/h13-15H,6-12H2,1-5H3,(H2,17,18,19). The van der Waals surface area contributed by atoms with E-state index in [9.17, 15) is 0 Å². The molecule has 1 saturated carbocycles. The summed E-state index contributed by atoms with van der Waals surface area (Å²) >= 11 is 0. The van der Waals surface area contributed by atoms with Crippen LogP contribution < -0.4 is 10.6 Å². The van der Waals surface area contributed by atoms with E-state index < -0.39 is 0 Å². The van der Waals surface area contributed by atoms with Gasteiger partial charge >= 0.3 is 0 Å². The van der Waals surface area contributed by atoms with Gasteiger partial charge in [-0.15, -0.1) is 0 Å². The molecule has 0 spiro atoms. The molecule has 1 atom stereocenters. The van der Waals surface area contributed by atoms with Gasteiger partial charge in [0.15, 0.2) is 5.96 Å². The van der Waals surface area contributed by atoms with E-state index in [4.69, 9.17) is 4.99 Å². The first kappa shape index (κ1) is 17.3. The third kappa shape index (κ3) is 6.12. The van der Waals surface area contributed by atoms with Crippen molar-refractivity contribution >= 4 is 5.96 Å². The molecule has 0 aromatic rings. The van der Waals surface area contributed by atoms with Crippen molar-refractivity contribution in [3.05, 3.63) is 0 Å². The fourth-order valence-electron chi connectivity index (χ4n) is 2.66. The maximum Gasteiger partial charge on any atom is 0.191 e. The van der Waals surface area contributed by atoms with Crippen LogP contribution >= 0.6 is 0 Å². The summed E-state index contributed by atoms with van der Waals surface area (Å²) in [5, 5.41) is 6.83. The van der Waals surface area contributed by atoms with Crippen molar-refractivity contribution in [3.63, 3.8) is 0 Å². The van der Waals surface area contributed by atoms with Crippen molar-refractivity contribution in [2.75, 3.05) is 33.7 Å². The van der Waals surface area contributed by atoms with Gasteiger partial charge in [0.25, 0.3) is 0 Å². The highest BCUT2D eigenvalue weighted by molar-refractivity contribution is 5.79. The lowest BCUT2D eigenvalue weighted by Gasteiger charge is -2.30. The number of rotatable bonds is 9. The number of nitrogens with zero attached hydrogens (tertiary/aromatic N) is 2. The average molecular weight is 282 g/mol. The first-order valence-electron chi connectivity index (χ1n) is 8.30. The summed E-state index contributed by atoms with van der Waals surface area (Å²) in [7, 11) is 4.34. The van der Waals surface area contributed by atoms with Crippen LogP contribution in [0.3, 0.4) is 0 Å². The highest BCUT2D eigenvalue weighted by Crippen LogP contribution is 2.27. The number of guanidine groups is 1. The predicted molar refractivity (Wildman–Crippen MR) is 88.3 cm³/mol. The third-order valence-corrected chi connectivity index (χ3v) is 4.29. The van der Waals surface area contributed by atoms with Crippen LogP contribution in [-0.4, -0.2) is 50.6 Å². The Labute approximate surface area is 125 Å². The van der Waals surface area contributed by atoms with Crippen LogP contribution in [-0.2, 0) is 0 Å². The number of likely N-dealkylation sites (N-methyl/N-ethyl adjacent to an activating group) is 1. The Hall–Kier alpha value is -0.770. The molecule has 1 aliphatic carbocycles. The summed E-state index contributed by atoms with van der Waals surface area (Å²) in [6.07, 6.45) is 5.20. The maximum atomic E-state index is 4.80. The van der Waals surface area contributed by atoms with Crippen LogP contribution in [0.4, 0.5) is 0 Å². The molecule has 2 N–H and O–H groups in total. The molecule has 4 nitrogen and oxygen atoms in total. The van der Waals surface area contributed by atoms with Crippen LogP contribution in [0.1, 0.15) is 46.5 Å². The molecule has 0 bridgehead atoms. The lowest BCUT2D eigenvalue weighted by Crippen LogP contribution is -2.42. The van der Waals surface area contributed by atoms with Gasteiger partial charge in [-0.05, 0) is 45.7 Å². The minimum absolute atomic E-state index is 0.529. The Balaban J connectivity index is 2.54. The Kier molecular flexibility index (Phi) is 7.97. The topological polar surface area (TPSA) is 39.7 Å². The molecule has 0 radical (unpaired) electrons. The van der Waals surface area contributed by atoms with Crippen molar-refractivity contribution in [2.24, 2.45) is 16.8 Å². The number of nitrogens with one attached hydrogen (secondary N) is 2. The van der Waals surface area contributed by atoms with Crippen molar-refractivity contribution < 1.29 is 0 Å². The quantitative estimate of drug-likeness (QED) is 0.503. The number of aliphatic imine (C=N–C) groups is 1. The van der Waals surface area contributed by atoms with Gasteiger partial charge in [-0.1, -0.05) is 26.7 Å². The van der Waals surface area contributed by atoms with Crippen molar-refractivity contribution in [1.29, 1.82) is 0 Å². The van der Waals surface area contributed by atoms with Crippen LogP contribution in [0.5, 0.6) is 0 Å². The maximum absolute atomic E-state index is 4.80. The molecule has 0 aromatic heterocycles. The smallest absolute Gasteiger partial charge is 0.191 e. The molecule has 0 heterocycles. The minimum Gasteiger partial charge on any atom is -0.357 e. The first-order chi connectivity index (χ1) is 9.62. The van der Waals surface area contributed by atoms with E-state index in [-0.39, 0.29) is 0 Å². The van der Waals surface area contributed by atoms with Crippen LogP contribution in [0, 0.1) is 11.8 Å². The minimum atomic E-state index is 0.529. The SMILES string of the molecule is CCNC(=NCC(C(CC)CC)N(C)C)NCC1CC1. The summed E-state index contributed by atoms with van der Waals surface area (Å²) in [5.74, 6) is 2.58. The predicted octanol–water partition coefficient (Wildman–Crippen LogP) is 2.32. The molecule has 4 heteroatoms. The summed E-state index contributed by atoms with van der Waals surface area (Å²) in [6, 6.07) is 0.529. The zero-order valence-corrected chi connectivity index (χ0v) is 14.1. The van der Waals surface area contributed by atoms with Gasteiger partial charge < -0.3 is 15.5 Å². The molecular weight excluding hydrogens is 248 g/mol. The van der Waals surface area contributed by atoms with Crippen LogP contribution in [0.25, 0.3) is 0 Å². The van der Waals surface area contributed by atoms with E-state index in [1.54, 1.807) is 0 Å². The Morgan fingerprint density at radius 1 is 1.15 bits per heavy atom. The number of hydrogen-bond acceptors (Lipinski definition) is 2. The summed E-state index contributed by atoms with van der Waals surface area (Å²) in [6.45, 7) is 9.56. The monoisotopic (exact) mass is 282 g/mol. The highest BCUT2D eigenvalue weighted by Gasteiger charge is 2.22. The molecular formula is C16H34N4. The van der Waals surface area contributed by atoms with E-state index in [2.05, 4.69) is 50.4 Å². The molecule has 1 rings (SSSR count). The fourth-order valence-corrected chi connectivity index (χ4v) is 2.66. The van der Waals surface area contributed by atoms with Crippen LogP contribution in [0.15, 0.2) is 4.99 Å². The zero-order valence-electron chi connectivity index (χ0n) is 14.1. The summed E-state index contributed by atoms with van der Waals surface area (Å²) in [5.41, 5.74) is 0. The molecule has 1 unspecified atom stereocenters. The van der Waals surface area contributed by atoms with E-state index in [0.717, 1.165) is 37.4 Å². The van der Waals surface area contributed by atoms with Crippen LogP contribution in [0.2, 0.25) is 0 Å². The molecule has 118 valence electrons. The Morgan fingerprint density at radius 3 is 2.25 bits per heavy atom. The lowest BCUT2D eigenvalue weighted by atomic mass is 9.93. The Bertz CT molecular complexity index is 280. The van der Waals surface area contributed by atoms with Gasteiger partial charge in [0.1, 0.15) is 0 Å². The number of hydrogen-bond donors (Lipinski definition) is 2. The molecule has 1 fully saturated rings. The molecule has 0 saturated heterocycles. The van der Waals surface area contributed by atoms with E-state index in [0.29, 0.717) is 6.04 Å². The van der Waals surface area contributed by atoms with Crippen molar-refractivity contribution in [3.8, 4) is 0 Å². The molecule has 0 amide bonds. The summed E-state index contributed by atoms with van der Waals surface area (Å²) in [4.78, 5) is 7.13. The molecule has 20 heavy (non-hydrogen) atoms. The first-order valence-corrected chi connectivity index (χ1v) is 8.30. The van der Waals surface area contributed by atoms with Gasteiger partial charge in [-0.3, -0.25) is 4.99 Å². The van der Waals surface area contributed by atoms with E-state index in [1.807, 2.05) is 0 Å². The highest BCUT2D eigenvalue weighted by atomic mass is 15.2. The summed E-state index contributed by atoms with van der Waals surface area (Å²) < 4.78 is 0. The Morgan fingerprint density at radius 2 is 1.80 bits per heavy atom. The normalized spacial score (nSPS) is 17.6. The molecule has 1 aliphatic rings. The second kappa shape index (κ2) is 9.22. The van der Waals surface area contributed by atoms with Crippen molar-refractivity contribution in [2.45, 2.75) is 52.5 Å². The lowest BCUT2D eigenvalue weighted by molar-refractivity contribution is 0.206. The largest absolute Gasteiger partial charge is 0.357 e.